The largest absolute Gasteiger partial charge is 0.434 e. The molecule has 0 saturated carbocycles. The Labute approximate surface area is 75.1 Å². The lowest BCUT2D eigenvalue weighted by Crippen LogP contribution is -2.04. The van der Waals surface area contributed by atoms with Gasteiger partial charge in [0.2, 0.25) is 0 Å². The predicted molar refractivity (Wildman–Crippen MR) is 43.8 cm³/mol. The number of alkyl halides is 2. The number of methoxy groups -OCH3 is 1. The van der Waals surface area contributed by atoms with Gasteiger partial charge < -0.3 is 9.47 Å². The van der Waals surface area contributed by atoms with Gasteiger partial charge in [-0.05, 0) is 6.07 Å². The van der Waals surface area contributed by atoms with Gasteiger partial charge in [-0.1, -0.05) is 18.2 Å². The lowest BCUT2D eigenvalue weighted by atomic mass is 10.2. The third-order valence-corrected chi connectivity index (χ3v) is 1.49. The second-order valence-corrected chi connectivity index (χ2v) is 2.42. The number of benzene rings is 1. The first-order valence-corrected chi connectivity index (χ1v) is 3.75. The zero-order valence-electron chi connectivity index (χ0n) is 7.17. The van der Waals surface area contributed by atoms with E-state index in [1.165, 1.54) is 13.2 Å². The van der Waals surface area contributed by atoms with Crippen molar-refractivity contribution in [3.63, 3.8) is 0 Å². The molecule has 0 atom stereocenters. The van der Waals surface area contributed by atoms with Gasteiger partial charge in [0.15, 0.2) is 0 Å². The molecule has 0 saturated heterocycles. The van der Waals surface area contributed by atoms with E-state index in [-0.39, 0.29) is 12.4 Å². The van der Waals surface area contributed by atoms with E-state index in [0.29, 0.717) is 5.56 Å². The van der Waals surface area contributed by atoms with Crippen molar-refractivity contribution in [2.75, 3.05) is 7.11 Å². The number of para-hydroxylation sites is 1. The maximum atomic E-state index is 11.9. The van der Waals surface area contributed by atoms with Crippen LogP contribution in [0.3, 0.4) is 0 Å². The Bertz CT molecular complexity index is 264. The molecule has 0 aliphatic heterocycles. The highest BCUT2D eigenvalue weighted by Crippen LogP contribution is 2.20. The first kappa shape index (κ1) is 9.92. The van der Waals surface area contributed by atoms with Gasteiger partial charge in [0.05, 0.1) is 6.61 Å². The molecule has 0 aromatic heterocycles. The van der Waals surface area contributed by atoms with E-state index < -0.39 is 6.61 Å². The number of hydrogen-bond donors (Lipinski definition) is 0. The summed E-state index contributed by atoms with van der Waals surface area (Å²) < 4.78 is 32.9. The molecule has 0 heterocycles. The van der Waals surface area contributed by atoms with Crippen LogP contribution in [0.15, 0.2) is 24.3 Å². The Hall–Kier alpha value is -1.16. The summed E-state index contributed by atoms with van der Waals surface area (Å²) in [5.41, 5.74) is 0.616. The van der Waals surface area contributed by atoms with E-state index in [1.54, 1.807) is 18.2 Å². The summed E-state index contributed by atoms with van der Waals surface area (Å²) in [7, 11) is 1.50. The summed E-state index contributed by atoms with van der Waals surface area (Å²) in [6.07, 6.45) is 0. The average Bonchev–Trinajstić information content (AvgIpc) is 2.08. The maximum Gasteiger partial charge on any atom is 0.387 e. The van der Waals surface area contributed by atoms with Gasteiger partial charge in [-0.25, -0.2) is 0 Å². The predicted octanol–water partition coefficient (Wildman–Crippen LogP) is 2.43. The molecule has 0 fully saturated rings. The lowest BCUT2D eigenvalue weighted by molar-refractivity contribution is -0.0511. The van der Waals surface area contributed by atoms with Crippen molar-refractivity contribution < 1.29 is 18.3 Å². The van der Waals surface area contributed by atoms with Crippen LogP contribution in [0.4, 0.5) is 8.78 Å². The van der Waals surface area contributed by atoms with E-state index in [9.17, 15) is 8.78 Å². The smallest absolute Gasteiger partial charge is 0.387 e. The van der Waals surface area contributed by atoms with Gasteiger partial charge in [-0.3, -0.25) is 0 Å². The van der Waals surface area contributed by atoms with Crippen LogP contribution in [0.1, 0.15) is 5.56 Å². The Kier molecular flexibility index (Phi) is 3.64. The zero-order chi connectivity index (χ0) is 9.68. The van der Waals surface area contributed by atoms with Gasteiger partial charge in [-0.2, -0.15) is 8.78 Å². The summed E-state index contributed by atoms with van der Waals surface area (Å²) in [4.78, 5) is 0. The zero-order valence-corrected chi connectivity index (χ0v) is 7.17. The minimum absolute atomic E-state index is 0.166. The highest BCUT2D eigenvalue weighted by Gasteiger charge is 2.07. The molecular formula is C9H10F2O2. The fourth-order valence-electron chi connectivity index (χ4n) is 0.990. The fraction of sp³-hybridized carbons (Fsp3) is 0.333. The minimum atomic E-state index is -2.79. The molecule has 2 nitrogen and oxygen atoms in total. The topological polar surface area (TPSA) is 18.5 Å². The van der Waals surface area contributed by atoms with Crippen LogP contribution in [0.2, 0.25) is 0 Å². The van der Waals surface area contributed by atoms with Crippen LogP contribution in [-0.4, -0.2) is 13.7 Å². The lowest BCUT2D eigenvalue weighted by Gasteiger charge is -2.08. The van der Waals surface area contributed by atoms with Gasteiger partial charge in [0.1, 0.15) is 5.75 Å². The van der Waals surface area contributed by atoms with Crippen LogP contribution >= 0.6 is 0 Å². The van der Waals surface area contributed by atoms with Gasteiger partial charge in [0.25, 0.3) is 0 Å². The number of rotatable bonds is 4. The second-order valence-electron chi connectivity index (χ2n) is 2.42. The Balaban J connectivity index is 2.78. The molecule has 0 spiro atoms. The molecule has 1 rings (SSSR count). The van der Waals surface area contributed by atoms with E-state index in [1.807, 2.05) is 0 Å². The van der Waals surface area contributed by atoms with Gasteiger partial charge in [-0.15, -0.1) is 0 Å². The Morgan fingerprint density at radius 1 is 1.31 bits per heavy atom. The minimum Gasteiger partial charge on any atom is -0.434 e. The summed E-state index contributed by atoms with van der Waals surface area (Å²) in [5, 5.41) is 0. The highest BCUT2D eigenvalue weighted by molar-refractivity contribution is 5.32. The number of ether oxygens (including phenoxy) is 2. The van der Waals surface area contributed by atoms with E-state index in [2.05, 4.69) is 4.74 Å². The van der Waals surface area contributed by atoms with Crippen molar-refractivity contribution >= 4 is 0 Å². The molecule has 13 heavy (non-hydrogen) atoms. The van der Waals surface area contributed by atoms with Gasteiger partial charge >= 0.3 is 6.61 Å². The first-order valence-electron chi connectivity index (χ1n) is 3.75. The van der Waals surface area contributed by atoms with Crippen molar-refractivity contribution in [3.05, 3.63) is 29.8 Å². The molecule has 0 bridgehead atoms. The second kappa shape index (κ2) is 4.77. The summed E-state index contributed by atoms with van der Waals surface area (Å²) in [5.74, 6) is 0.166. The van der Waals surface area contributed by atoms with Crippen molar-refractivity contribution in [1.29, 1.82) is 0 Å². The number of hydrogen-bond acceptors (Lipinski definition) is 2. The van der Waals surface area contributed by atoms with Crippen LogP contribution in [0.25, 0.3) is 0 Å². The van der Waals surface area contributed by atoms with E-state index in [0.717, 1.165) is 0 Å². The van der Waals surface area contributed by atoms with Crippen LogP contribution in [-0.2, 0) is 11.3 Å². The fourth-order valence-corrected chi connectivity index (χ4v) is 0.990. The molecule has 0 unspecified atom stereocenters. The van der Waals surface area contributed by atoms with Crippen LogP contribution < -0.4 is 4.74 Å². The monoisotopic (exact) mass is 188 g/mol. The van der Waals surface area contributed by atoms with Crippen LogP contribution in [0.5, 0.6) is 5.75 Å². The normalized spacial score (nSPS) is 10.5. The van der Waals surface area contributed by atoms with Crippen molar-refractivity contribution in [2.24, 2.45) is 0 Å². The maximum absolute atomic E-state index is 11.9. The van der Waals surface area contributed by atoms with Gasteiger partial charge in [0, 0.05) is 12.7 Å². The molecule has 0 amide bonds. The Morgan fingerprint density at radius 3 is 2.62 bits per heavy atom. The summed E-state index contributed by atoms with van der Waals surface area (Å²) in [6.45, 7) is -2.53. The first-order chi connectivity index (χ1) is 6.24. The molecule has 1 aromatic rings. The molecule has 72 valence electrons. The third kappa shape index (κ3) is 2.99. The average molecular weight is 188 g/mol. The summed E-state index contributed by atoms with van der Waals surface area (Å²) >= 11 is 0. The molecule has 0 radical (unpaired) electrons. The van der Waals surface area contributed by atoms with Crippen LogP contribution in [0, 0.1) is 0 Å². The molecule has 1 aromatic carbocycles. The number of halogens is 2. The van der Waals surface area contributed by atoms with Crippen molar-refractivity contribution in [1.82, 2.24) is 0 Å². The molecular weight excluding hydrogens is 178 g/mol. The summed E-state index contributed by atoms with van der Waals surface area (Å²) in [6, 6.07) is 6.55. The molecule has 0 aliphatic carbocycles. The molecule has 0 N–H and O–H groups in total. The van der Waals surface area contributed by atoms with Crippen molar-refractivity contribution in [3.8, 4) is 5.75 Å². The molecule has 0 aliphatic rings. The van der Waals surface area contributed by atoms with E-state index >= 15 is 0 Å². The Morgan fingerprint density at radius 2 is 2.00 bits per heavy atom. The SMILES string of the molecule is COCc1ccccc1OC(F)F. The third-order valence-electron chi connectivity index (χ3n) is 1.49. The van der Waals surface area contributed by atoms with Crippen molar-refractivity contribution in [2.45, 2.75) is 13.2 Å². The molecule has 4 heteroatoms. The standard InChI is InChI=1S/C9H10F2O2/c1-12-6-7-4-2-3-5-8(7)13-9(10)11/h2-5,9H,6H2,1H3. The van der Waals surface area contributed by atoms with E-state index in [4.69, 9.17) is 4.74 Å². The quantitative estimate of drug-likeness (QED) is 0.722. The highest BCUT2D eigenvalue weighted by atomic mass is 19.3.